The third-order valence-corrected chi connectivity index (χ3v) is 6.20. The Morgan fingerprint density at radius 2 is 1.30 bits per heavy atom. The van der Waals surface area contributed by atoms with Gasteiger partial charge in [-0.05, 0) is 12.1 Å². The van der Waals surface area contributed by atoms with Crippen LogP contribution in [0.5, 0.6) is 11.5 Å². The van der Waals surface area contributed by atoms with Gasteiger partial charge in [0, 0.05) is 11.1 Å². The summed E-state index contributed by atoms with van der Waals surface area (Å²) in [4.78, 5) is 3.25. The summed E-state index contributed by atoms with van der Waals surface area (Å²) in [6.07, 6.45) is 0. The van der Waals surface area contributed by atoms with Gasteiger partial charge in [-0.15, -0.1) is 0 Å². The molecule has 4 nitrogen and oxygen atoms in total. The van der Waals surface area contributed by atoms with Crippen LogP contribution in [0.4, 0.5) is 0 Å². The van der Waals surface area contributed by atoms with Gasteiger partial charge >= 0.3 is 0 Å². The first-order valence-electron chi connectivity index (χ1n) is 10.8. The fourth-order valence-corrected chi connectivity index (χ4v) is 4.71. The van der Waals surface area contributed by atoms with E-state index in [-0.39, 0.29) is 0 Å². The topological polar surface area (TPSA) is 27.3 Å². The summed E-state index contributed by atoms with van der Waals surface area (Å²) >= 11 is 0. The monoisotopic (exact) mass is 404 g/mol. The molecule has 0 aromatic heterocycles. The van der Waals surface area contributed by atoms with Gasteiger partial charge in [0.1, 0.15) is 38.8 Å². The first-order chi connectivity index (χ1) is 14.8. The minimum atomic E-state index is 0.389. The van der Waals surface area contributed by atoms with Crippen molar-refractivity contribution in [3.05, 3.63) is 95.6 Å². The summed E-state index contributed by atoms with van der Waals surface area (Å²) in [5.74, 6) is 1.68. The first kappa shape index (κ1) is 20.5. The standard InChI is InChI=1S/C26H30N2O2/c1-29-24-15-9-14-23(26(24)30-2)20-27-16-18-28(19-17-27)25(21-10-5-3-6-11-21)22-12-7-4-8-13-22/h3-15,25H,16-20H2,1-2H3/p+2. The molecule has 1 aliphatic heterocycles. The normalized spacial score (nSPS) is 18.9. The number of hydrogen-bond acceptors (Lipinski definition) is 2. The van der Waals surface area contributed by atoms with Crippen LogP contribution in [0.3, 0.4) is 0 Å². The van der Waals surface area contributed by atoms with Crippen LogP contribution in [-0.2, 0) is 6.54 Å². The van der Waals surface area contributed by atoms with Crippen molar-refractivity contribution in [2.75, 3.05) is 40.4 Å². The summed E-state index contributed by atoms with van der Waals surface area (Å²) in [5, 5.41) is 0. The number of piperazine rings is 1. The van der Waals surface area contributed by atoms with Crippen LogP contribution >= 0.6 is 0 Å². The summed E-state index contributed by atoms with van der Waals surface area (Å²) in [6, 6.07) is 28.5. The molecule has 0 saturated carbocycles. The van der Waals surface area contributed by atoms with E-state index in [9.17, 15) is 0 Å². The molecule has 1 saturated heterocycles. The maximum absolute atomic E-state index is 5.64. The molecule has 0 amide bonds. The number of hydrogen-bond donors (Lipinski definition) is 2. The zero-order valence-electron chi connectivity index (χ0n) is 17.9. The Kier molecular flexibility index (Phi) is 6.67. The molecule has 0 spiro atoms. The predicted octanol–water partition coefficient (Wildman–Crippen LogP) is 1.78. The molecular formula is C26H32N2O2+2. The quantitative estimate of drug-likeness (QED) is 0.628. The van der Waals surface area contributed by atoms with Crippen molar-refractivity contribution in [3.8, 4) is 11.5 Å². The zero-order valence-corrected chi connectivity index (χ0v) is 17.9. The second kappa shape index (κ2) is 9.79. The molecule has 1 fully saturated rings. The number of methoxy groups -OCH3 is 2. The Labute approximate surface area is 179 Å². The maximum atomic E-state index is 5.64. The van der Waals surface area contributed by atoms with Gasteiger partial charge < -0.3 is 19.3 Å². The molecule has 1 heterocycles. The molecular weight excluding hydrogens is 372 g/mol. The Balaban J connectivity index is 1.48. The summed E-state index contributed by atoms with van der Waals surface area (Å²) < 4.78 is 11.1. The number of para-hydroxylation sites is 1. The maximum Gasteiger partial charge on any atom is 0.169 e. The smallest absolute Gasteiger partial charge is 0.169 e. The zero-order chi connectivity index (χ0) is 20.8. The summed E-state index contributed by atoms with van der Waals surface area (Å²) in [6.45, 7) is 5.55. The lowest BCUT2D eigenvalue weighted by Gasteiger charge is -2.35. The predicted molar refractivity (Wildman–Crippen MR) is 119 cm³/mol. The van der Waals surface area contributed by atoms with Gasteiger partial charge in [0.2, 0.25) is 0 Å². The SMILES string of the molecule is COc1cccc(C[NH+]2CC[NH+](C(c3ccccc3)c3ccccc3)CC2)c1OC. The minimum Gasteiger partial charge on any atom is -0.493 e. The molecule has 4 heteroatoms. The molecule has 2 N–H and O–H groups in total. The van der Waals surface area contributed by atoms with Crippen molar-refractivity contribution in [2.24, 2.45) is 0 Å². The van der Waals surface area contributed by atoms with Gasteiger partial charge in [-0.25, -0.2) is 0 Å². The number of rotatable bonds is 7. The minimum absolute atomic E-state index is 0.389. The molecule has 3 aromatic rings. The molecule has 30 heavy (non-hydrogen) atoms. The third-order valence-electron chi connectivity index (χ3n) is 6.20. The van der Waals surface area contributed by atoms with Crippen molar-refractivity contribution in [2.45, 2.75) is 12.6 Å². The highest BCUT2D eigenvalue weighted by Gasteiger charge is 2.32. The van der Waals surface area contributed by atoms with Crippen LogP contribution < -0.4 is 19.3 Å². The van der Waals surface area contributed by atoms with Gasteiger partial charge in [-0.1, -0.05) is 66.7 Å². The fourth-order valence-electron chi connectivity index (χ4n) is 4.71. The highest BCUT2D eigenvalue weighted by Crippen LogP contribution is 2.30. The Morgan fingerprint density at radius 1 is 0.700 bits per heavy atom. The van der Waals surface area contributed by atoms with Crippen LogP contribution in [0.25, 0.3) is 0 Å². The molecule has 0 unspecified atom stereocenters. The van der Waals surface area contributed by atoms with E-state index >= 15 is 0 Å². The van der Waals surface area contributed by atoms with E-state index in [0.717, 1.165) is 44.2 Å². The molecule has 3 aromatic carbocycles. The molecule has 4 rings (SSSR count). The van der Waals surface area contributed by atoms with E-state index in [1.807, 2.05) is 6.07 Å². The van der Waals surface area contributed by atoms with E-state index in [1.54, 1.807) is 24.0 Å². The van der Waals surface area contributed by atoms with E-state index in [0.29, 0.717) is 6.04 Å². The number of quaternary nitrogens is 2. The van der Waals surface area contributed by atoms with Gasteiger partial charge in [0.15, 0.2) is 11.5 Å². The Bertz CT molecular complexity index is 883. The number of nitrogens with one attached hydrogen (secondary N) is 2. The lowest BCUT2D eigenvalue weighted by atomic mass is 9.96. The average molecular weight is 405 g/mol. The van der Waals surface area contributed by atoms with Crippen molar-refractivity contribution in [1.82, 2.24) is 0 Å². The van der Waals surface area contributed by atoms with Crippen molar-refractivity contribution < 1.29 is 19.3 Å². The van der Waals surface area contributed by atoms with Gasteiger partial charge in [-0.2, -0.15) is 0 Å². The number of benzene rings is 3. The van der Waals surface area contributed by atoms with Crippen LogP contribution in [0.2, 0.25) is 0 Å². The molecule has 0 aliphatic carbocycles. The van der Waals surface area contributed by atoms with Crippen LogP contribution in [0.15, 0.2) is 78.9 Å². The van der Waals surface area contributed by atoms with Crippen molar-refractivity contribution in [3.63, 3.8) is 0 Å². The Hall–Kier alpha value is -2.82. The number of ether oxygens (including phenoxy) is 2. The van der Waals surface area contributed by atoms with Gasteiger partial charge in [-0.3, -0.25) is 0 Å². The van der Waals surface area contributed by atoms with Gasteiger partial charge in [0.05, 0.1) is 19.8 Å². The lowest BCUT2D eigenvalue weighted by Crippen LogP contribution is -3.27. The van der Waals surface area contributed by atoms with E-state index in [2.05, 4.69) is 72.8 Å². The Morgan fingerprint density at radius 3 is 1.83 bits per heavy atom. The van der Waals surface area contributed by atoms with E-state index in [1.165, 1.54) is 16.7 Å². The molecule has 1 aliphatic rings. The van der Waals surface area contributed by atoms with Gasteiger partial charge in [0.25, 0.3) is 0 Å². The molecule has 0 bridgehead atoms. The molecule has 0 atom stereocenters. The van der Waals surface area contributed by atoms with Crippen molar-refractivity contribution in [1.29, 1.82) is 0 Å². The molecule has 156 valence electrons. The second-order valence-electron chi connectivity index (χ2n) is 7.99. The largest absolute Gasteiger partial charge is 0.493 e. The highest BCUT2D eigenvalue weighted by molar-refractivity contribution is 5.46. The van der Waals surface area contributed by atoms with Crippen molar-refractivity contribution >= 4 is 0 Å². The van der Waals surface area contributed by atoms with Crippen LogP contribution in [0, 0.1) is 0 Å². The van der Waals surface area contributed by atoms with Crippen LogP contribution in [-0.4, -0.2) is 40.4 Å². The lowest BCUT2D eigenvalue weighted by molar-refractivity contribution is -1.03. The summed E-state index contributed by atoms with van der Waals surface area (Å²) in [5.41, 5.74) is 4.02. The van der Waals surface area contributed by atoms with E-state index < -0.39 is 0 Å². The molecule has 0 radical (unpaired) electrons. The van der Waals surface area contributed by atoms with E-state index in [4.69, 9.17) is 9.47 Å². The van der Waals surface area contributed by atoms with Crippen LogP contribution in [0.1, 0.15) is 22.7 Å². The third kappa shape index (κ3) is 4.50. The average Bonchev–Trinajstić information content (AvgIpc) is 2.81. The summed E-state index contributed by atoms with van der Waals surface area (Å²) in [7, 11) is 3.42. The fraction of sp³-hybridized carbons (Fsp3) is 0.308. The second-order valence-corrected chi connectivity index (χ2v) is 7.99. The first-order valence-corrected chi connectivity index (χ1v) is 10.8. The highest BCUT2D eigenvalue weighted by atomic mass is 16.5.